The molecule has 4 rings (SSSR count). The summed E-state index contributed by atoms with van der Waals surface area (Å²) in [4.78, 5) is 5.34. The molecule has 4 aromatic rings. The predicted octanol–water partition coefficient (Wildman–Crippen LogP) is 6.37. The van der Waals surface area contributed by atoms with Crippen molar-refractivity contribution in [2.45, 2.75) is 6.61 Å². The molecule has 28 heavy (non-hydrogen) atoms. The maximum atomic E-state index is 6.21. The lowest BCUT2D eigenvalue weighted by Crippen LogP contribution is -1.97. The zero-order valence-electron chi connectivity index (χ0n) is 14.9. The van der Waals surface area contributed by atoms with E-state index in [0.717, 1.165) is 27.4 Å². The van der Waals surface area contributed by atoms with Crippen molar-refractivity contribution in [1.29, 1.82) is 0 Å². The number of benzene rings is 3. The van der Waals surface area contributed by atoms with Gasteiger partial charge in [-0.3, -0.25) is 0 Å². The zero-order valence-corrected chi connectivity index (χ0v) is 16.5. The van der Waals surface area contributed by atoms with Gasteiger partial charge in [-0.25, -0.2) is 4.98 Å². The number of hydrogen-bond donors (Lipinski definition) is 2. The Balaban J connectivity index is 1.57. The summed E-state index contributed by atoms with van der Waals surface area (Å²) in [6, 6.07) is 25.4. The van der Waals surface area contributed by atoms with Gasteiger partial charge >= 0.3 is 0 Å². The Labute approximate surface area is 172 Å². The van der Waals surface area contributed by atoms with E-state index in [2.05, 4.69) is 10.3 Å². The maximum absolute atomic E-state index is 6.21. The average Bonchev–Trinajstić information content (AvgIpc) is 3.09. The number of hydrogen-bond acceptors (Lipinski definition) is 5. The van der Waals surface area contributed by atoms with Gasteiger partial charge in [0, 0.05) is 16.3 Å². The summed E-state index contributed by atoms with van der Waals surface area (Å²) in [7, 11) is 0. The Morgan fingerprint density at radius 3 is 2.43 bits per heavy atom. The summed E-state index contributed by atoms with van der Waals surface area (Å²) in [5.41, 5.74) is 9.15. The number of rotatable bonds is 6. The molecule has 140 valence electrons. The van der Waals surface area contributed by atoms with E-state index in [9.17, 15) is 0 Å². The van der Waals surface area contributed by atoms with Crippen LogP contribution in [0, 0.1) is 0 Å². The van der Waals surface area contributed by atoms with E-state index in [-0.39, 0.29) is 0 Å². The first-order valence-electron chi connectivity index (χ1n) is 8.74. The van der Waals surface area contributed by atoms with E-state index in [1.54, 1.807) is 0 Å². The van der Waals surface area contributed by atoms with Crippen molar-refractivity contribution >= 4 is 39.6 Å². The molecule has 1 aromatic heterocycles. The lowest BCUT2D eigenvalue weighted by Gasteiger charge is -2.10. The van der Waals surface area contributed by atoms with E-state index in [4.69, 9.17) is 22.1 Å². The molecule has 3 N–H and O–H groups in total. The Hall–Kier alpha value is -3.02. The van der Waals surface area contributed by atoms with Crippen molar-refractivity contribution in [3.63, 3.8) is 0 Å². The summed E-state index contributed by atoms with van der Waals surface area (Å²) in [6.45, 7) is 0.493. The first kappa shape index (κ1) is 18.3. The third kappa shape index (κ3) is 4.27. The molecule has 6 heteroatoms. The molecular formula is C22H18ClN3OS. The minimum Gasteiger partial charge on any atom is -0.488 e. The number of ether oxygens (including phenoxy) is 1. The van der Waals surface area contributed by atoms with E-state index in [1.165, 1.54) is 11.3 Å². The number of nitrogens with one attached hydrogen (secondary N) is 1. The van der Waals surface area contributed by atoms with Gasteiger partial charge in [-0.2, -0.15) is 0 Å². The molecule has 0 unspecified atom stereocenters. The molecule has 0 spiro atoms. The Morgan fingerprint density at radius 2 is 1.64 bits per heavy atom. The van der Waals surface area contributed by atoms with Crippen molar-refractivity contribution in [2.75, 3.05) is 11.1 Å². The molecule has 0 atom stereocenters. The molecule has 4 nitrogen and oxygen atoms in total. The van der Waals surface area contributed by atoms with Gasteiger partial charge in [-0.15, -0.1) is 0 Å². The summed E-state index contributed by atoms with van der Waals surface area (Å²) in [5, 5.41) is 4.67. The average molecular weight is 408 g/mol. The van der Waals surface area contributed by atoms with E-state index in [0.29, 0.717) is 22.6 Å². The monoisotopic (exact) mass is 407 g/mol. The third-order valence-electron chi connectivity index (χ3n) is 4.12. The van der Waals surface area contributed by atoms with Crippen LogP contribution in [0.4, 0.5) is 16.6 Å². The van der Waals surface area contributed by atoms with E-state index >= 15 is 0 Å². The molecule has 0 bridgehead atoms. The third-order valence-corrected chi connectivity index (χ3v) is 5.39. The predicted molar refractivity (Wildman–Crippen MR) is 117 cm³/mol. The SMILES string of the molecule is Nc1nc(Nc2ccc(Cl)cc2)sc1-c1ccccc1OCc1ccccc1. The van der Waals surface area contributed by atoms with Crippen molar-refractivity contribution in [3.05, 3.63) is 89.4 Å². The number of anilines is 3. The molecule has 0 saturated heterocycles. The van der Waals surface area contributed by atoms with Gasteiger partial charge in [-0.05, 0) is 42.0 Å². The van der Waals surface area contributed by atoms with Gasteiger partial charge in [0.15, 0.2) is 5.13 Å². The minimum atomic E-state index is 0.470. The highest BCUT2D eigenvalue weighted by molar-refractivity contribution is 7.19. The van der Waals surface area contributed by atoms with Crippen molar-refractivity contribution < 1.29 is 4.74 Å². The van der Waals surface area contributed by atoms with Gasteiger partial charge in [0.25, 0.3) is 0 Å². The fourth-order valence-corrected chi connectivity index (χ4v) is 3.81. The topological polar surface area (TPSA) is 60.2 Å². The van der Waals surface area contributed by atoms with Crippen LogP contribution in [0.5, 0.6) is 5.75 Å². The molecule has 0 saturated carbocycles. The highest BCUT2D eigenvalue weighted by atomic mass is 35.5. The Morgan fingerprint density at radius 1 is 0.929 bits per heavy atom. The van der Waals surface area contributed by atoms with Gasteiger partial charge in [-0.1, -0.05) is 65.4 Å². The second-order valence-corrected chi connectivity index (χ2v) is 7.57. The van der Waals surface area contributed by atoms with Crippen molar-refractivity contribution in [3.8, 4) is 16.2 Å². The summed E-state index contributed by atoms with van der Waals surface area (Å²) >= 11 is 7.43. The summed E-state index contributed by atoms with van der Waals surface area (Å²) in [5.74, 6) is 1.25. The van der Waals surface area contributed by atoms with Crippen LogP contribution in [-0.4, -0.2) is 4.98 Å². The molecule has 1 heterocycles. The quantitative estimate of drug-likeness (QED) is 0.390. The van der Waals surface area contributed by atoms with Crippen molar-refractivity contribution in [1.82, 2.24) is 4.98 Å². The number of para-hydroxylation sites is 1. The first-order chi connectivity index (χ1) is 13.7. The van der Waals surface area contributed by atoms with Crippen molar-refractivity contribution in [2.24, 2.45) is 0 Å². The van der Waals surface area contributed by atoms with Crippen LogP contribution in [0.2, 0.25) is 5.02 Å². The highest BCUT2D eigenvalue weighted by Crippen LogP contribution is 2.40. The largest absolute Gasteiger partial charge is 0.488 e. The van der Waals surface area contributed by atoms with Gasteiger partial charge in [0.2, 0.25) is 0 Å². The normalized spacial score (nSPS) is 10.6. The molecule has 3 aromatic carbocycles. The van der Waals surface area contributed by atoms with Gasteiger partial charge < -0.3 is 15.8 Å². The van der Waals surface area contributed by atoms with Crippen LogP contribution in [-0.2, 0) is 6.61 Å². The molecule has 0 fully saturated rings. The second-order valence-electron chi connectivity index (χ2n) is 6.14. The maximum Gasteiger partial charge on any atom is 0.189 e. The van der Waals surface area contributed by atoms with Crippen LogP contribution >= 0.6 is 22.9 Å². The standard InChI is InChI=1S/C22H18ClN3OS/c23-16-10-12-17(13-11-16)25-22-26-21(24)20(28-22)18-8-4-5-9-19(18)27-14-15-6-2-1-3-7-15/h1-13H,14,24H2,(H,25,26). The van der Waals surface area contributed by atoms with E-state index in [1.807, 2.05) is 78.9 Å². The molecule has 0 aliphatic carbocycles. The van der Waals surface area contributed by atoms with Gasteiger partial charge in [0.05, 0.1) is 4.88 Å². The number of thiazole rings is 1. The Bertz CT molecular complexity index is 1060. The van der Waals surface area contributed by atoms with Crippen LogP contribution in [0.1, 0.15) is 5.56 Å². The molecule has 0 aliphatic rings. The number of halogens is 1. The van der Waals surface area contributed by atoms with Crippen LogP contribution < -0.4 is 15.8 Å². The smallest absolute Gasteiger partial charge is 0.189 e. The highest BCUT2D eigenvalue weighted by Gasteiger charge is 2.15. The van der Waals surface area contributed by atoms with Crippen LogP contribution in [0.3, 0.4) is 0 Å². The number of nitrogens with zero attached hydrogens (tertiary/aromatic N) is 1. The lowest BCUT2D eigenvalue weighted by molar-refractivity contribution is 0.307. The van der Waals surface area contributed by atoms with E-state index < -0.39 is 0 Å². The zero-order chi connectivity index (χ0) is 19.3. The molecule has 0 amide bonds. The number of nitrogens with two attached hydrogens (primary N) is 1. The Kier molecular flexibility index (Phi) is 5.46. The molecule has 0 radical (unpaired) electrons. The summed E-state index contributed by atoms with van der Waals surface area (Å²) in [6.07, 6.45) is 0. The fraction of sp³-hybridized carbons (Fsp3) is 0.0455. The van der Waals surface area contributed by atoms with Gasteiger partial charge in [0.1, 0.15) is 18.2 Å². The molecule has 0 aliphatic heterocycles. The first-order valence-corrected chi connectivity index (χ1v) is 9.93. The number of nitrogen functional groups attached to an aromatic ring is 1. The summed E-state index contributed by atoms with van der Waals surface area (Å²) < 4.78 is 6.06. The lowest BCUT2D eigenvalue weighted by atomic mass is 10.1. The minimum absolute atomic E-state index is 0.470. The van der Waals surface area contributed by atoms with Crippen LogP contribution in [0.15, 0.2) is 78.9 Å². The fourth-order valence-electron chi connectivity index (χ4n) is 2.75. The molecular weight excluding hydrogens is 390 g/mol. The number of aromatic nitrogens is 1. The second kappa shape index (κ2) is 8.33. The van der Waals surface area contributed by atoms with Crippen LogP contribution in [0.25, 0.3) is 10.4 Å².